The van der Waals surface area contributed by atoms with Gasteiger partial charge in [0.2, 0.25) is 0 Å². The maximum absolute atomic E-state index is 15.6. The molecule has 1 unspecified atom stereocenters. The summed E-state index contributed by atoms with van der Waals surface area (Å²) >= 11 is 6.70. The molecule has 0 spiro atoms. The lowest BCUT2D eigenvalue weighted by atomic mass is 9.96. The summed E-state index contributed by atoms with van der Waals surface area (Å²) in [7, 11) is 0. The van der Waals surface area contributed by atoms with E-state index in [1.54, 1.807) is 36.5 Å². The number of aliphatic carboxylic acids is 1. The van der Waals surface area contributed by atoms with E-state index in [1.807, 2.05) is 24.3 Å². The molecule has 6 rings (SSSR count). The highest BCUT2D eigenvalue weighted by atomic mass is 35.5. The van der Waals surface area contributed by atoms with E-state index >= 15 is 4.39 Å². The summed E-state index contributed by atoms with van der Waals surface area (Å²) < 4.78 is 39.2. The molecule has 0 saturated heterocycles. The first kappa shape index (κ1) is 31.1. The summed E-state index contributed by atoms with van der Waals surface area (Å²) in [6.07, 6.45) is 3.91. The molecule has 0 amide bonds. The van der Waals surface area contributed by atoms with Crippen molar-refractivity contribution in [1.82, 2.24) is 10.3 Å². The van der Waals surface area contributed by atoms with Gasteiger partial charge in [0, 0.05) is 41.7 Å². The topological polar surface area (TPSA) is 143 Å². The van der Waals surface area contributed by atoms with Gasteiger partial charge in [-0.1, -0.05) is 29.8 Å². The van der Waals surface area contributed by atoms with Gasteiger partial charge in [-0.05, 0) is 53.8 Å². The van der Waals surface area contributed by atoms with Gasteiger partial charge in [-0.15, -0.1) is 0 Å². The molecule has 3 N–H and O–H groups in total. The Morgan fingerprint density at radius 1 is 1.15 bits per heavy atom. The first-order valence-corrected chi connectivity index (χ1v) is 15.0. The van der Waals surface area contributed by atoms with Crippen molar-refractivity contribution in [3.05, 3.63) is 99.6 Å². The number of nitriles is 1. The number of nitrogens with zero attached hydrogens (tertiary/aromatic N) is 2. The standard InChI is InChI=1S/C34H29ClFN3O7/c35-26-11-21(16-39-27(17-40)34(41)42)30(45-18-20-10-19(13-37)14-38-15-20)12-31(26)46-28-6-4-23-22(2-1-3-24(23)28)25-5-7-29-33(32(25)36)44-9-8-43-29/h1-3,5,7,10-12,14-15,27-28,39-40H,4,6,8-9,16-18H2,(H,41,42)/t27?,28-/m0/s1. The van der Waals surface area contributed by atoms with E-state index in [0.717, 1.165) is 16.7 Å². The lowest BCUT2D eigenvalue weighted by molar-refractivity contribution is -0.140. The number of carboxylic acid groups (broad SMARTS) is 1. The Balaban J connectivity index is 1.28. The molecular formula is C34H29ClFN3O7. The number of aromatic nitrogens is 1. The molecule has 0 radical (unpaired) electrons. The van der Waals surface area contributed by atoms with Gasteiger partial charge < -0.3 is 29.2 Å². The number of nitrogens with one attached hydrogen (secondary N) is 1. The van der Waals surface area contributed by atoms with Gasteiger partial charge >= 0.3 is 5.97 Å². The fourth-order valence-corrected chi connectivity index (χ4v) is 5.86. The Kier molecular flexibility index (Phi) is 9.21. The van der Waals surface area contributed by atoms with Crippen LogP contribution in [0.3, 0.4) is 0 Å². The highest BCUT2D eigenvalue weighted by Gasteiger charge is 2.30. The maximum Gasteiger partial charge on any atom is 0.323 e. The molecule has 2 atom stereocenters. The van der Waals surface area contributed by atoms with Crippen LogP contribution in [-0.4, -0.2) is 47.0 Å². The second-order valence-corrected chi connectivity index (χ2v) is 11.2. The molecule has 46 heavy (non-hydrogen) atoms. The van der Waals surface area contributed by atoms with E-state index in [0.29, 0.717) is 59.0 Å². The molecule has 0 saturated carbocycles. The Morgan fingerprint density at radius 3 is 2.80 bits per heavy atom. The fraction of sp³-hybridized carbons (Fsp3) is 0.265. The summed E-state index contributed by atoms with van der Waals surface area (Å²) in [6, 6.07) is 14.9. The monoisotopic (exact) mass is 645 g/mol. The Hall–Kier alpha value is -4.89. The van der Waals surface area contributed by atoms with Crippen molar-refractivity contribution in [2.24, 2.45) is 0 Å². The van der Waals surface area contributed by atoms with E-state index in [4.69, 9.17) is 30.5 Å². The molecule has 3 aromatic carbocycles. The maximum atomic E-state index is 15.6. The molecule has 0 bridgehead atoms. The first-order valence-electron chi connectivity index (χ1n) is 14.6. The van der Waals surface area contributed by atoms with Crippen molar-refractivity contribution in [1.29, 1.82) is 5.26 Å². The van der Waals surface area contributed by atoms with E-state index in [1.165, 1.54) is 6.20 Å². The summed E-state index contributed by atoms with van der Waals surface area (Å²) in [5, 5.41) is 31.1. The summed E-state index contributed by atoms with van der Waals surface area (Å²) in [5.41, 5.74) is 4.60. The molecule has 2 heterocycles. The molecule has 236 valence electrons. The zero-order chi connectivity index (χ0) is 32.2. The molecule has 12 heteroatoms. The van der Waals surface area contributed by atoms with Gasteiger partial charge in [-0.3, -0.25) is 15.1 Å². The van der Waals surface area contributed by atoms with Gasteiger partial charge in [0.1, 0.15) is 49.5 Å². The highest BCUT2D eigenvalue weighted by Crippen LogP contribution is 2.45. The predicted molar refractivity (Wildman–Crippen MR) is 165 cm³/mol. The van der Waals surface area contributed by atoms with Crippen LogP contribution in [0.1, 0.15) is 40.3 Å². The Morgan fingerprint density at radius 2 is 2.00 bits per heavy atom. The summed E-state index contributed by atoms with van der Waals surface area (Å²) in [5.74, 6) is -0.463. The Labute approximate surface area is 268 Å². The van der Waals surface area contributed by atoms with Gasteiger partial charge in [0.05, 0.1) is 17.2 Å². The molecule has 4 aromatic rings. The van der Waals surface area contributed by atoms with E-state index < -0.39 is 24.4 Å². The van der Waals surface area contributed by atoms with E-state index in [2.05, 4.69) is 10.3 Å². The number of benzene rings is 3. The van der Waals surface area contributed by atoms with E-state index in [9.17, 15) is 20.3 Å². The van der Waals surface area contributed by atoms with Crippen LogP contribution in [0.4, 0.5) is 4.39 Å². The number of carbonyl (C=O) groups is 1. The van der Waals surface area contributed by atoms with Gasteiger partial charge in [-0.2, -0.15) is 5.26 Å². The van der Waals surface area contributed by atoms with Gasteiger partial charge in [0.25, 0.3) is 0 Å². The zero-order valence-electron chi connectivity index (χ0n) is 24.5. The van der Waals surface area contributed by atoms with Gasteiger partial charge in [-0.25, -0.2) is 4.39 Å². The number of aliphatic hydroxyl groups excluding tert-OH is 1. The number of aliphatic hydroxyl groups is 1. The van der Waals surface area contributed by atoms with Crippen LogP contribution in [0.25, 0.3) is 11.1 Å². The lowest BCUT2D eigenvalue weighted by Crippen LogP contribution is -2.39. The zero-order valence-corrected chi connectivity index (χ0v) is 25.2. The second kappa shape index (κ2) is 13.6. The molecule has 1 aliphatic carbocycles. The smallest absolute Gasteiger partial charge is 0.323 e. The number of fused-ring (bicyclic) bond motifs is 2. The summed E-state index contributed by atoms with van der Waals surface area (Å²) in [6.45, 7) is 0.139. The average Bonchev–Trinajstić information content (AvgIpc) is 3.48. The van der Waals surface area contributed by atoms with Crippen LogP contribution in [-0.2, 0) is 24.4 Å². The van der Waals surface area contributed by atoms with Crippen molar-refractivity contribution in [2.75, 3.05) is 19.8 Å². The van der Waals surface area contributed by atoms with Crippen molar-refractivity contribution >= 4 is 17.6 Å². The van der Waals surface area contributed by atoms with Crippen LogP contribution in [0.2, 0.25) is 5.02 Å². The minimum absolute atomic E-state index is 0.0278. The van der Waals surface area contributed by atoms with Gasteiger partial charge in [0.15, 0.2) is 17.3 Å². The number of halogens is 2. The first-order chi connectivity index (χ1) is 22.4. The van der Waals surface area contributed by atoms with Crippen molar-refractivity contribution in [3.8, 4) is 40.2 Å². The quantitative estimate of drug-likeness (QED) is 0.195. The molecule has 0 fully saturated rings. The van der Waals surface area contributed by atoms with Crippen LogP contribution in [0, 0.1) is 17.1 Å². The molecule has 10 nitrogen and oxygen atoms in total. The Bertz CT molecular complexity index is 1830. The third kappa shape index (κ3) is 6.41. The van der Waals surface area contributed by atoms with Crippen LogP contribution < -0.4 is 24.3 Å². The van der Waals surface area contributed by atoms with Crippen LogP contribution in [0.5, 0.6) is 23.0 Å². The number of hydrogen-bond acceptors (Lipinski definition) is 9. The predicted octanol–water partition coefficient (Wildman–Crippen LogP) is 5.36. The normalized spacial score (nSPS) is 15.5. The molecule has 1 aromatic heterocycles. The number of hydrogen-bond donors (Lipinski definition) is 3. The lowest BCUT2D eigenvalue weighted by Gasteiger charge is -2.21. The minimum atomic E-state index is -1.20. The second-order valence-electron chi connectivity index (χ2n) is 10.8. The van der Waals surface area contributed by atoms with Crippen molar-refractivity contribution < 1.29 is 38.3 Å². The SMILES string of the molecule is N#Cc1cncc(COc2cc(O[C@H]3CCc4c(-c5ccc6c(c5F)OCCO6)cccc43)c(Cl)cc2CNC(CO)C(=O)O)c1. The number of carboxylic acids is 1. The highest BCUT2D eigenvalue weighted by molar-refractivity contribution is 6.32. The van der Waals surface area contributed by atoms with E-state index in [-0.39, 0.29) is 36.6 Å². The molecule has 1 aliphatic heterocycles. The third-order valence-corrected chi connectivity index (χ3v) is 8.17. The average molecular weight is 646 g/mol. The molecular weight excluding hydrogens is 617 g/mol. The number of ether oxygens (including phenoxy) is 4. The largest absolute Gasteiger partial charge is 0.488 e. The third-order valence-electron chi connectivity index (χ3n) is 7.88. The molecule has 2 aliphatic rings. The van der Waals surface area contributed by atoms with Crippen molar-refractivity contribution in [2.45, 2.75) is 38.1 Å². The van der Waals surface area contributed by atoms with Crippen molar-refractivity contribution in [3.63, 3.8) is 0 Å². The number of pyridine rings is 1. The van der Waals surface area contributed by atoms with Crippen LogP contribution >= 0.6 is 11.6 Å². The number of rotatable bonds is 11. The fourth-order valence-electron chi connectivity index (χ4n) is 5.62. The summed E-state index contributed by atoms with van der Waals surface area (Å²) in [4.78, 5) is 15.5. The minimum Gasteiger partial charge on any atom is -0.488 e. The van der Waals surface area contributed by atoms with Crippen LogP contribution in [0.15, 0.2) is 60.9 Å².